The average Bonchev–Trinajstić information content (AvgIpc) is 3.45. The van der Waals surface area contributed by atoms with Gasteiger partial charge in [0.05, 0.1) is 11.4 Å². The molecule has 0 N–H and O–H groups in total. The number of hydrogen-bond acceptors (Lipinski definition) is 5. The summed E-state index contributed by atoms with van der Waals surface area (Å²) in [6.45, 7) is 3.14. The second kappa shape index (κ2) is 7.34. The van der Waals surface area contributed by atoms with Crippen molar-refractivity contribution in [1.29, 1.82) is 0 Å². The Labute approximate surface area is 180 Å². The Morgan fingerprint density at radius 1 is 0.774 bits per heavy atom. The standard InChI is InChI=1S/C24H23FN6/c25-19-10-4-5-12-21(19)29-13-15-30(16-14-29)23-18-9-6-11-20(18)26-24-27-22(28-31(23)24)17-7-2-1-3-8-17/h1-5,7-8,10,12H,6,9,11,13-16H2. The lowest BCUT2D eigenvalue weighted by Gasteiger charge is -2.38. The summed E-state index contributed by atoms with van der Waals surface area (Å²) in [7, 11) is 0. The van der Waals surface area contributed by atoms with Crippen LogP contribution in [0.5, 0.6) is 0 Å². The molecule has 0 amide bonds. The maximum absolute atomic E-state index is 14.3. The number of fused-ring (bicyclic) bond motifs is 2. The Bertz CT molecular complexity index is 1240. The van der Waals surface area contributed by atoms with Crippen LogP contribution < -0.4 is 9.80 Å². The lowest BCUT2D eigenvalue weighted by atomic mass is 10.2. The second-order valence-electron chi connectivity index (χ2n) is 8.15. The van der Waals surface area contributed by atoms with Crippen LogP contribution in [0.1, 0.15) is 17.7 Å². The highest BCUT2D eigenvalue weighted by Crippen LogP contribution is 2.33. The maximum Gasteiger partial charge on any atom is 0.254 e. The fraction of sp³-hybridized carbons (Fsp3) is 0.292. The van der Waals surface area contributed by atoms with Gasteiger partial charge in [0.15, 0.2) is 5.82 Å². The Hall–Kier alpha value is -3.48. The number of rotatable bonds is 3. The van der Waals surface area contributed by atoms with Crippen molar-refractivity contribution in [2.24, 2.45) is 0 Å². The van der Waals surface area contributed by atoms with E-state index in [9.17, 15) is 4.39 Å². The van der Waals surface area contributed by atoms with Crippen molar-refractivity contribution in [1.82, 2.24) is 19.6 Å². The molecule has 7 heteroatoms. The van der Waals surface area contributed by atoms with Gasteiger partial charge in [-0.05, 0) is 31.4 Å². The van der Waals surface area contributed by atoms with E-state index < -0.39 is 0 Å². The monoisotopic (exact) mass is 414 g/mol. The van der Waals surface area contributed by atoms with Gasteiger partial charge in [0, 0.05) is 37.3 Å². The molecular formula is C24H23FN6. The normalized spacial score (nSPS) is 16.2. The fourth-order valence-corrected chi connectivity index (χ4v) is 4.76. The molecule has 2 aromatic carbocycles. The predicted octanol–water partition coefficient (Wildman–Crippen LogP) is 3.75. The van der Waals surface area contributed by atoms with Crippen molar-refractivity contribution < 1.29 is 4.39 Å². The molecule has 0 unspecified atom stereocenters. The van der Waals surface area contributed by atoms with E-state index in [1.165, 1.54) is 11.6 Å². The van der Waals surface area contributed by atoms with E-state index in [2.05, 4.69) is 9.80 Å². The van der Waals surface area contributed by atoms with Crippen LogP contribution in [0.25, 0.3) is 17.2 Å². The molecule has 1 saturated heterocycles. The number of para-hydroxylation sites is 1. The zero-order chi connectivity index (χ0) is 20.8. The minimum absolute atomic E-state index is 0.160. The summed E-state index contributed by atoms with van der Waals surface area (Å²) < 4.78 is 16.2. The molecule has 6 nitrogen and oxygen atoms in total. The quantitative estimate of drug-likeness (QED) is 0.511. The van der Waals surface area contributed by atoms with Crippen molar-refractivity contribution in [3.63, 3.8) is 0 Å². The first-order chi connectivity index (χ1) is 15.3. The van der Waals surface area contributed by atoms with Gasteiger partial charge in [-0.15, -0.1) is 5.10 Å². The van der Waals surface area contributed by atoms with E-state index in [0.717, 1.165) is 62.5 Å². The zero-order valence-electron chi connectivity index (χ0n) is 17.2. The van der Waals surface area contributed by atoms with Gasteiger partial charge < -0.3 is 9.80 Å². The number of halogens is 1. The summed E-state index contributed by atoms with van der Waals surface area (Å²) in [5, 5.41) is 4.85. The fourth-order valence-electron chi connectivity index (χ4n) is 4.76. The SMILES string of the molecule is Fc1ccccc1N1CCN(c2c3c(nc4nc(-c5ccccc5)nn24)CCC3)CC1. The Balaban J connectivity index is 1.37. The topological polar surface area (TPSA) is 49.6 Å². The molecule has 2 aromatic heterocycles. The van der Waals surface area contributed by atoms with Crippen molar-refractivity contribution in [3.05, 3.63) is 71.7 Å². The largest absolute Gasteiger partial charge is 0.366 e. The Morgan fingerprint density at radius 3 is 2.32 bits per heavy atom. The van der Waals surface area contributed by atoms with E-state index in [4.69, 9.17) is 15.1 Å². The van der Waals surface area contributed by atoms with Gasteiger partial charge in [-0.1, -0.05) is 42.5 Å². The van der Waals surface area contributed by atoms with E-state index >= 15 is 0 Å². The second-order valence-corrected chi connectivity index (χ2v) is 8.15. The van der Waals surface area contributed by atoms with Crippen LogP contribution in [-0.4, -0.2) is 45.8 Å². The van der Waals surface area contributed by atoms with Crippen LogP contribution in [0.15, 0.2) is 54.6 Å². The molecule has 156 valence electrons. The Kier molecular flexibility index (Phi) is 4.33. The van der Waals surface area contributed by atoms with Crippen LogP contribution in [0.3, 0.4) is 0 Å². The van der Waals surface area contributed by atoms with Crippen LogP contribution in [0.2, 0.25) is 0 Å². The molecule has 0 bridgehead atoms. The molecule has 1 aliphatic heterocycles. The van der Waals surface area contributed by atoms with E-state index in [-0.39, 0.29) is 5.82 Å². The molecule has 0 saturated carbocycles. The van der Waals surface area contributed by atoms with E-state index in [1.54, 1.807) is 6.07 Å². The highest BCUT2D eigenvalue weighted by atomic mass is 19.1. The summed E-state index contributed by atoms with van der Waals surface area (Å²) in [5.74, 6) is 2.31. The van der Waals surface area contributed by atoms with Gasteiger partial charge in [-0.2, -0.15) is 9.50 Å². The third kappa shape index (κ3) is 3.12. The summed E-state index contributed by atoms with van der Waals surface area (Å²) in [6, 6.07) is 17.1. The van der Waals surface area contributed by atoms with Gasteiger partial charge in [0.25, 0.3) is 5.78 Å². The molecule has 3 heterocycles. The Morgan fingerprint density at radius 2 is 1.52 bits per heavy atom. The van der Waals surface area contributed by atoms with Gasteiger partial charge in [-0.25, -0.2) is 9.37 Å². The van der Waals surface area contributed by atoms with Crippen molar-refractivity contribution in [2.75, 3.05) is 36.0 Å². The molecule has 6 rings (SSSR count). The summed E-state index contributed by atoms with van der Waals surface area (Å²) in [5.41, 5.74) is 4.10. The number of anilines is 2. The maximum atomic E-state index is 14.3. The number of benzene rings is 2. The highest BCUT2D eigenvalue weighted by molar-refractivity contribution is 5.62. The molecule has 0 atom stereocenters. The van der Waals surface area contributed by atoms with Crippen LogP contribution in [-0.2, 0) is 12.8 Å². The summed E-state index contributed by atoms with van der Waals surface area (Å²) >= 11 is 0. The molecule has 0 spiro atoms. The first-order valence-corrected chi connectivity index (χ1v) is 10.9. The number of aromatic nitrogens is 4. The number of hydrogen-bond donors (Lipinski definition) is 0. The number of nitrogens with zero attached hydrogens (tertiary/aromatic N) is 6. The molecule has 31 heavy (non-hydrogen) atoms. The van der Waals surface area contributed by atoms with E-state index in [1.807, 2.05) is 47.0 Å². The predicted molar refractivity (Wildman–Crippen MR) is 119 cm³/mol. The first kappa shape index (κ1) is 18.3. The van der Waals surface area contributed by atoms with Gasteiger partial charge in [0.1, 0.15) is 11.6 Å². The van der Waals surface area contributed by atoms with Crippen LogP contribution in [0, 0.1) is 5.82 Å². The minimum atomic E-state index is -0.160. The van der Waals surface area contributed by atoms with E-state index in [0.29, 0.717) is 17.3 Å². The van der Waals surface area contributed by atoms with Gasteiger partial charge in [0.2, 0.25) is 0 Å². The van der Waals surface area contributed by atoms with Crippen LogP contribution in [0.4, 0.5) is 15.9 Å². The average molecular weight is 414 g/mol. The molecular weight excluding hydrogens is 391 g/mol. The zero-order valence-corrected chi connectivity index (χ0v) is 17.2. The van der Waals surface area contributed by atoms with Gasteiger partial charge in [-0.3, -0.25) is 0 Å². The number of aryl methyl sites for hydroxylation is 1. The van der Waals surface area contributed by atoms with Crippen molar-refractivity contribution in [3.8, 4) is 11.4 Å². The summed E-state index contributed by atoms with van der Waals surface area (Å²) in [6.07, 6.45) is 3.12. The smallest absolute Gasteiger partial charge is 0.254 e. The third-order valence-electron chi connectivity index (χ3n) is 6.29. The summed E-state index contributed by atoms with van der Waals surface area (Å²) in [4.78, 5) is 14.1. The van der Waals surface area contributed by atoms with Crippen molar-refractivity contribution >= 4 is 17.3 Å². The van der Waals surface area contributed by atoms with Gasteiger partial charge >= 0.3 is 0 Å². The lowest BCUT2D eigenvalue weighted by Crippen LogP contribution is -2.47. The molecule has 1 aliphatic carbocycles. The molecule has 0 radical (unpaired) electrons. The van der Waals surface area contributed by atoms with Crippen LogP contribution >= 0.6 is 0 Å². The molecule has 4 aromatic rings. The molecule has 1 fully saturated rings. The lowest BCUT2D eigenvalue weighted by molar-refractivity contribution is 0.593. The first-order valence-electron chi connectivity index (χ1n) is 10.9. The third-order valence-corrected chi connectivity index (χ3v) is 6.29. The van der Waals surface area contributed by atoms with Crippen molar-refractivity contribution in [2.45, 2.75) is 19.3 Å². The minimum Gasteiger partial charge on any atom is -0.366 e. The molecule has 2 aliphatic rings. The highest BCUT2D eigenvalue weighted by Gasteiger charge is 2.28. The number of piperazine rings is 1.